The van der Waals surface area contributed by atoms with E-state index in [-0.39, 0.29) is 4.90 Å². The van der Waals surface area contributed by atoms with Crippen LogP contribution in [0.25, 0.3) is 11.1 Å². The summed E-state index contributed by atoms with van der Waals surface area (Å²) >= 11 is 0. The standard InChI is InChI=1S/C18H14O3S/c19-22(20,18-9-5-2-6-10-18)21-17-13-11-16(12-14-17)15-7-3-1-4-8-15/h1-14H. The predicted octanol–water partition coefficient (Wildman–Crippen LogP) is 4.12. The Labute approximate surface area is 129 Å². The molecule has 3 nitrogen and oxygen atoms in total. The van der Waals surface area contributed by atoms with Crippen molar-refractivity contribution in [2.45, 2.75) is 4.90 Å². The van der Waals surface area contributed by atoms with Crippen LogP contribution in [-0.2, 0) is 10.1 Å². The summed E-state index contributed by atoms with van der Waals surface area (Å²) in [5.41, 5.74) is 2.07. The van der Waals surface area contributed by atoms with E-state index in [1.807, 2.05) is 42.5 Å². The van der Waals surface area contributed by atoms with E-state index in [1.54, 1.807) is 30.3 Å². The summed E-state index contributed by atoms with van der Waals surface area (Å²) < 4.78 is 29.4. The largest absolute Gasteiger partial charge is 0.379 e. The van der Waals surface area contributed by atoms with E-state index in [0.29, 0.717) is 5.75 Å². The molecule has 0 aliphatic heterocycles. The van der Waals surface area contributed by atoms with Gasteiger partial charge in [0.1, 0.15) is 10.6 Å². The molecule has 0 N–H and O–H groups in total. The molecule has 0 radical (unpaired) electrons. The second-order valence-electron chi connectivity index (χ2n) is 4.74. The van der Waals surface area contributed by atoms with Gasteiger partial charge < -0.3 is 4.18 Å². The van der Waals surface area contributed by atoms with Crippen LogP contribution >= 0.6 is 0 Å². The first-order chi connectivity index (χ1) is 10.6. The van der Waals surface area contributed by atoms with Crippen molar-refractivity contribution in [1.82, 2.24) is 0 Å². The van der Waals surface area contributed by atoms with Gasteiger partial charge in [0.2, 0.25) is 0 Å². The molecule has 0 aliphatic rings. The summed E-state index contributed by atoms with van der Waals surface area (Å²) in [6.07, 6.45) is 0. The van der Waals surface area contributed by atoms with Gasteiger partial charge in [0, 0.05) is 0 Å². The number of hydrogen-bond donors (Lipinski definition) is 0. The van der Waals surface area contributed by atoms with Crippen molar-refractivity contribution in [2.24, 2.45) is 0 Å². The normalized spacial score (nSPS) is 11.1. The highest BCUT2D eigenvalue weighted by molar-refractivity contribution is 7.87. The van der Waals surface area contributed by atoms with Crippen LogP contribution in [0.5, 0.6) is 5.75 Å². The van der Waals surface area contributed by atoms with Crippen LogP contribution in [0, 0.1) is 0 Å². The Morgan fingerprint density at radius 1 is 0.591 bits per heavy atom. The molecule has 0 aliphatic carbocycles. The van der Waals surface area contributed by atoms with Crippen molar-refractivity contribution in [2.75, 3.05) is 0 Å². The molecule has 4 heteroatoms. The molecule has 0 atom stereocenters. The fourth-order valence-electron chi connectivity index (χ4n) is 2.10. The SMILES string of the molecule is O=S(=O)(Oc1ccc(-c2ccccc2)cc1)c1ccccc1. The van der Waals surface area contributed by atoms with Crippen molar-refractivity contribution in [3.63, 3.8) is 0 Å². The molecular weight excluding hydrogens is 296 g/mol. The average Bonchev–Trinajstić information content (AvgIpc) is 2.57. The van der Waals surface area contributed by atoms with E-state index in [1.165, 1.54) is 12.1 Å². The maximum Gasteiger partial charge on any atom is 0.339 e. The molecule has 0 fully saturated rings. The van der Waals surface area contributed by atoms with E-state index in [9.17, 15) is 8.42 Å². The van der Waals surface area contributed by atoms with Crippen LogP contribution in [0.15, 0.2) is 89.8 Å². The highest BCUT2D eigenvalue weighted by atomic mass is 32.2. The van der Waals surface area contributed by atoms with Gasteiger partial charge in [-0.3, -0.25) is 0 Å². The zero-order chi connectivity index (χ0) is 15.4. The third-order valence-electron chi connectivity index (χ3n) is 3.20. The van der Waals surface area contributed by atoms with Gasteiger partial charge in [-0.2, -0.15) is 8.42 Å². The molecule has 0 unspecified atom stereocenters. The Morgan fingerprint density at radius 3 is 1.68 bits per heavy atom. The van der Waals surface area contributed by atoms with Crippen LogP contribution in [0.4, 0.5) is 0 Å². The van der Waals surface area contributed by atoms with E-state index in [4.69, 9.17) is 4.18 Å². The van der Waals surface area contributed by atoms with Gasteiger partial charge in [0.05, 0.1) is 0 Å². The maximum absolute atomic E-state index is 12.1. The second kappa shape index (κ2) is 6.03. The fraction of sp³-hybridized carbons (Fsp3) is 0. The Kier molecular flexibility index (Phi) is 3.94. The Hall–Kier alpha value is -2.59. The minimum atomic E-state index is -3.79. The molecule has 0 spiro atoms. The van der Waals surface area contributed by atoms with Gasteiger partial charge in [-0.05, 0) is 35.4 Å². The topological polar surface area (TPSA) is 43.4 Å². The number of benzene rings is 3. The first-order valence-corrected chi connectivity index (χ1v) is 8.21. The molecule has 110 valence electrons. The van der Waals surface area contributed by atoms with Crippen LogP contribution in [0.2, 0.25) is 0 Å². The zero-order valence-corrected chi connectivity index (χ0v) is 12.5. The van der Waals surface area contributed by atoms with Crippen molar-refractivity contribution < 1.29 is 12.6 Å². The minimum Gasteiger partial charge on any atom is -0.379 e. The molecule has 22 heavy (non-hydrogen) atoms. The Morgan fingerprint density at radius 2 is 1.09 bits per heavy atom. The smallest absolute Gasteiger partial charge is 0.339 e. The van der Waals surface area contributed by atoms with Gasteiger partial charge in [0.25, 0.3) is 0 Å². The van der Waals surface area contributed by atoms with Gasteiger partial charge in [-0.1, -0.05) is 60.7 Å². The molecular formula is C18H14O3S. The molecule has 3 rings (SSSR count). The Bertz CT molecular complexity index is 840. The van der Waals surface area contributed by atoms with Crippen LogP contribution < -0.4 is 4.18 Å². The van der Waals surface area contributed by atoms with Crippen molar-refractivity contribution in [1.29, 1.82) is 0 Å². The van der Waals surface area contributed by atoms with E-state index in [2.05, 4.69) is 0 Å². The van der Waals surface area contributed by atoms with Gasteiger partial charge in [-0.15, -0.1) is 0 Å². The monoisotopic (exact) mass is 310 g/mol. The lowest BCUT2D eigenvalue weighted by molar-refractivity contribution is 0.486. The molecule has 0 saturated heterocycles. The van der Waals surface area contributed by atoms with Crippen LogP contribution in [-0.4, -0.2) is 8.42 Å². The van der Waals surface area contributed by atoms with Gasteiger partial charge in [-0.25, -0.2) is 0 Å². The summed E-state index contributed by atoms with van der Waals surface area (Å²) in [6.45, 7) is 0. The second-order valence-corrected chi connectivity index (χ2v) is 6.29. The number of hydrogen-bond acceptors (Lipinski definition) is 3. The summed E-state index contributed by atoms with van der Waals surface area (Å²) in [5, 5.41) is 0. The molecule has 3 aromatic rings. The Balaban J connectivity index is 1.83. The molecule has 0 aromatic heterocycles. The molecule has 3 aromatic carbocycles. The minimum absolute atomic E-state index is 0.141. The van der Waals surface area contributed by atoms with Crippen molar-refractivity contribution in [3.05, 3.63) is 84.9 Å². The summed E-state index contributed by atoms with van der Waals surface area (Å²) in [6, 6.07) is 24.9. The number of rotatable bonds is 4. The highest BCUT2D eigenvalue weighted by Gasteiger charge is 2.15. The lowest BCUT2D eigenvalue weighted by Crippen LogP contribution is -2.09. The average molecular weight is 310 g/mol. The third-order valence-corrected chi connectivity index (χ3v) is 4.46. The lowest BCUT2D eigenvalue weighted by Gasteiger charge is -2.08. The summed E-state index contributed by atoms with van der Waals surface area (Å²) in [7, 11) is -3.79. The van der Waals surface area contributed by atoms with Crippen molar-refractivity contribution >= 4 is 10.1 Å². The van der Waals surface area contributed by atoms with Crippen LogP contribution in [0.1, 0.15) is 0 Å². The van der Waals surface area contributed by atoms with Crippen molar-refractivity contribution in [3.8, 4) is 16.9 Å². The quantitative estimate of drug-likeness (QED) is 0.681. The molecule has 0 saturated carbocycles. The van der Waals surface area contributed by atoms with E-state index >= 15 is 0 Å². The first kappa shape index (κ1) is 14.4. The van der Waals surface area contributed by atoms with E-state index < -0.39 is 10.1 Å². The van der Waals surface area contributed by atoms with Gasteiger partial charge >= 0.3 is 10.1 Å². The summed E-state index contributed by atoms with van der Waals surface area (Å²) in [4.78, 5) is 0.141. The van der Waals surface area contributed by atoms with Crippen LogP contribution in [0.3, 0.4) is 0 Å². The summed E-state index contributed by atoms with van der Waals surface area (Å²) in [5.74, 6) is 0.295. The highest BCUT2D eigenvalue weighted by Crippen LogP contribution is 2.24. The van der Waals surface area contributed by atoms with E-state index in [0.717, 1.165) is 11.1 Å². The zero-order valence-electron chi connectivity index (χ0n) is 11.7. The lowest BCUT2D eigenvalue weighted by atomic mass is 10.1. The molecule has 0 bridgehead atoms. The molecule has 0 heterocycles. The fourth-order valence-corrected chi connectivity index (χ4v) is 3.05. The van der Waals surface area contributed by atoms with Gasteiger partial charge in [0.15, 0.2) is 0 Å². The first-order valence-electron chi connectivity index (χ1n) is 6.80. The molecule has 0 amide bonds. The maximum atomic E-state index is 12.1. The third kappa shape index (κ3) is 3.18. The predicted molar refractivity (Wildman–Crippen MR) is 86.1 cm³/mol.